The predicted molar refractivity (Wildman–Crippen MR) is 101 cm³/mol. The largest absolute Gasteiger partial charge is 0.310 e. The summed E-state index contributed by atoms with van der Waals surface area (Å²) in [6.45, 7) is 2.77. The number of amides is 1. The van der Waals surface area contributed by atoms with Crippen molar-refractivity contribution in [3.05, 3.63) is 43.6 Å². The summed E-state index contributed by atoms with van der Waals surface area (Å²) in [5.74, 6) is 0.701. The molecule has 122 valence electrons. The van der Waals surface area contributed by atoms with Crippen LogP contribution in [0.25, 0.3) is 0 Å². The Morgan fingerprint density at radius 1 is 1.35 bits per heavy atom. The third kappa shape index (κ3) is 4.86. The van der Waals surface area contributed by atoms with Gasteiger partial charge in [0.05, 0.1) is 9.70 Å². The first-order valence-electron chi connectivity index (χ1n) is 7.49. The number of pyridine rings is 1. The molecule has 1 fully saturated rings. The van der Waals surface area contributed by atoms with E-state index in [4.69, 9.17) is 0 Å². The average Bonchev–Trinajstić information content (AvgIpc) is 2.95. The van der Waals surface area contributed by atoms with Gasteiger partial charge in [-0.25, -0.2) is 4.98 Å². The normalized spacial score (nSPS) is 18.8. The quantitative estimate of drug-likeness (QED) is 0.732. The molecule has 1 unspecified atom stereocenters. The van der Waals surface area contributed by atoms with Crippen molar-refractivity contribution in [1.82, 2.24) is 9.88 Å². The molecule has 3 rings (SSSR count). The zero-order chi connectivity index (χ0) is 16.2. The lowest BCUT2D eigenvalue weighted by Gasteiger charge is -2.31. The fourth-order valence-electron chi connectivity index (χ4n) is 2.75. The van der Waals surface area contributed by atoms with Crippen molar-refractivity contribution in [2.75, 3.05) is 18.4 Å². The van der Waals surface area contributed by atoms with Crippen LogP contribution in [0, 0.1) is 5.92 Å². The van der Waals surface area contributed by atoms with Crippen molar-refractivity contribution < 1.29 is 4.79 Å². The second-order valence-electron chi connectivity index (χ2n) is 5.63. The molecule has 7 heteroatoms. The summed E-state index contributed by atoms with van der Waals surface area (Å²) in [5.41, 5.74) is 0. The van der Waals surface area contributed by atoms with Crippen molar-refractivity contribution in [2.24, 2.45) is 5.92 Å². The van der Waals surface area contributed by atoms with Gasteiger partial charge in [0.1, 0.15) is 5.82 Å². The number of thiophene rings is 1. The molecule has 1 amide bonds. The van der Waals surface area contributed by atoms with Crippen molar-refractivity contribution in [1.29, 1.82) is 0 Å². The molecular formula is C16H17Br2N3OS. The lowest BCUT2D eigenvalue weighted by atomic mass is 9.97. The number of carbonyl (C=O) groups excluding carboxylic acids is 1. The Morgan fingerprint density at radius 3 is 2.91 bits per heavy atom. The van der Waals surface area contributed by atoms with E-state index in [0.29, 0.717) is 5.82 Å². The number of nitrogens with one attached hydrogen (secondary N) is 1. The first-order valence-corrected chi connectivity index (χ1v) is 9.89. The fraction of sp³-hybridized carbons (Fsp3) is 0.375. The van der Waals surface area contributed by atoms with Gasteiger partial charge in [0, 0.05) is 28.6 Å². The van der Waals surface area contributed by atoms with Crippen LogP contribution in [-0.2, 0) is 11.3 Å². The summed E-state index contributed by atoms with van der Waals surface area (Å²) < 4.78 is 2.06. The highest BCUT2D eigenvalue weighted by Crippen LogP contribution is 2.26. The van der Waals surface area contributed by atoms with Crippen LogP contribution in [-0.4, -0.2) is 28.9 Å². The maximum atomic E-state index is 12.5. The summed E-state index contributed by atoms with van der Waals surface area (Å²) in [7, 11) is 0. The van der Waals surface area contributed by atoms with Gasteiger partial charge in [-0.05, 0) is 75.5 Å². The number of hydrogen-bond acceptors (Lipinski definition) is 4. The van der Waals surface area contributed by atoms with Crippen LogP contribution < -0.4 is 5.32 Å². The van der Waals surface area contributed by atoms with E-state index in [1.165, 1.54) is 4.88 Å². The standard InChI is InChI=1S/C16H17Br2N3OS/c17-12-3-6-15(19-8-12)20-16(22)11-2-1-7-21(9-11)10-13-4-5-14(18)23-13/h3-6,8,11H,1-2,7,9-10H2,(H,19,20,22). The van der Waals surface area contributed by atoms with Gasteiger partial charge in [-0.3, -0.25) is 9.69 Å². The fourth-order valence-corrected chi connectivity index (χ4v) is 4.51. The van der Waals surface area contributed by atoms with E-state index >= 15 is 0 Å². The van der Waals surface area contributed by atoms with Crippen LogP contribution in [0.1, 0.15) is 17.7 Å². The molecule has 4 nitrogen and oxygen atoms in total. The number of hydrogen-bond donors (Lipinski definition) is 1. The molecule has 2 aromatic rings. The summed E-state index contributed by atoms with van der Waals surface area (Å²) >= 11 is 8.60. The predicted octanol–water partition coefficient (Wildman–Crippen LogP) is 4.52. The average molecular weight is 459 g/mol. The van der Waals surface area contributed by atoms with Crippen LogP contribution in [0.3, 0.4) is 0 Å². The van der Waals surface area contributed by atoms with Crippen LogP contribution >= 0.6 is 43.2 Å². The highest BCUT2D eigenvalue weighted by Gasteiger charge is 2.26. The molecule has 0 saturated carbocycles. The van der Waals surface area contributed by atoms with E-state index in [9.17, 15) is 4.79 Å². The van der Waals surface area contributed by atoms with Gasteiger partial charge in [0.15, 0.2) is 0 Å². The monoisotopic (exact) mass is 457 g/mol. The summed E-state index contributed by atoms with van der Waals surface area (Å²) in [5, 5.41) is 2.92. The molecule has 23 heavy (non-hydrogen) atoms. The maximum absolute atomic E-state index is 12.5. The van der Waals surface area contributed by atoms with Gasteiger partial charge in [0.25, 0.3) is 0 Å². The van der Waals surface area contributed by atoms with Gasteiger partial charge in [-0.1, -0.05) is 0 Å². The zero-order valence-corrected chi connectivity index (χ0v) is 16.5. The Labute approximate surface area is 156 Å². The minimum Gasteiger partial charge on any atom is -0.310 e. The number of piperidine rings is 1. The Bertz CT molecular complexity index is 674. The molecule has 1 aliphatic rings. The van der Waals surface area contributed by atoms with E-state index < -0.39 is 0 Å². The molecular weight excluding hydrogens is 442 g/mol. The molecule has 0 aromatic carbocycles. The summed E-state index contributed by atoms with van der Waals surface area (Å²) in [4.78, 5) is 20.4. The SMILES string of the molecule is O=C(Nc1ccc(Br)cn1)C1CCCN(Cc2ccc(Br)s2)C1. The van der Waals surface area contributed by atoms with Crippen molar-refractivity contribution in [3.8, 4) is 0 Å². The molecule has 1 N–H and O–H groups in total. The van der Waals surface area contributed by atoms with Crippen LogP contribution in [0.15, 0.2) is 38.7 Å². The topological polar surface area (TPSA) is 45.2 Å². The van der Waals surface area contributed by atoms with E-state index in [0.717, 1.165) is 40.7 Å². The third-order valence-corrected chi connectivity index (χ3v) is 5.94. The Morgan fingerprint density at radius 2 is 2.22 bits per heavy atom. The van der Waals surface area contributed by atoms with Crippen LogP contribution in [0.2, 0.25) is 0 Å². The smallest absolute Gasteiger partial charge is 0.229 e. The van der Waals surface area contributed by atoms with E-state index in [1.54, 1.807) is 17.5 Å². The molecule has 3 heterocycles. The lowest BCUT2D eigenvalue weighted by Crippen LogP contribution is -2.40. The molecule has 0 radical (unpaired) electrons. The van der Waals surface area contributed by atoms with E-state index in [1.807, 2.05) is 12.1 Å². The van der Waals surface area contributed by atoms with E-state index in [-0.39, 0.29) is 11.8 Å². The highest BCUT2D eigenvalue weighted by atomic mass is 79.9. The Kier molecular flexibility index (Phi) is 5.85. The third-order valence-electron chi connectivity index (χ3n) is 3.86. The number of nitrogens with zero attached hydrogens (tertiary/aromatic N) is 2. The first-order chi connectivity index (χ1) is 11.1. The van der Waals surface area contributed by atoms with E-state index in [2.05, 4.69) is 59.2 Å². The molecule has 1 aliphatic heterocycles. The van der Waals surface area contributed by atoms with Gasteiger partial charge < -0.3 is 5.32 Å². The summed E-state index contributed by atoms with van der Waals surface area (Å²) in [6.07, 6.45) is 3.68. The first kappa shape index (κ1) is 17.1. The highest BCUT2D eigenvalue weighted by molar-refractivity contribution is 9.11. The maximum Gasteiger partial charge on any atom is 0.229 e. The number of likely N-dealkylation sites (tertiary alicyclic amines) is 1. The minimum absolute atomic E-state index is 0.0256. The number of carbonyl (C=O) groups is 1. The van der Waals surface area contributed by atoms with Crippen LogP contribution in [0.5, 0.6) is 0 Å². The summed E-state index contributed by atoms with van der Waals surface area (Å²) in [6, 6.07) is 7.91. The molecule has 0 aliphatic carbocycles. The van der Waals surface area contributed by atoms with Crippen LogP contribution in [0.4, 0.5) is 5.82 Å². The second kappa shape index (κ2) is 7.88. The number of rotatable bonds is 4. The van der Waals surface area contributed by atoms with Gasteiger partial charge in [-0.15, -0.1) is 11.3 Å². The Hall–Kier alpha value is -0.760. The second-order valence-corrected chi connectivity index (χ2v) is 9.09. The molecule has 1 atom stereocenters. The minimum atomic E-state index is 0.0256. The number of anilines is 1. The molecule has 2 aromatic heterocycles. The Balaban J connectivity index is 1.56. The van der Waals surface area contributed by atoms with Gasteiger partial charge in [-0.2, -0.15) is 0 Å². The van der Waals surface area contributed by atoms with Gasteiger partial charge in [0.2, 0.25) is 5.91 Å². The van der Waals surface area contributed by atoms with Crippen molar-refractivity contribution in [2.45, 2.75) is 19.4 Å². The molecule has 0 bridgehead atoms. The zero-order valence-electron chi connectivity index (χ0n) is 12.5. The molecule has 1 saturated heterocycles. The van der Waals surface area contributed by atoms with Gasteiger partial charge >= 0.3 is 0 Å². The molecule has 0 spiro atoms. The van der Waals surface area contributed by atoms with Crippen molar-refractivity contribution in [3.63, 3.8) is 0 Å². The number of aromatic nitrogens is 1. The van der Waals surface area contributed by atoms with Crippen molar-refractivity contribution >= 4 is 54.9 Å². The lowest BCUT2D eigenvalue weighted by molar-refractivity contribution is -0.121. The number of halogens is 2.